The van der Waals surface area contributed by atoms with Gasteiger partial charge in [-0.05, 0) is 20.3 Å². The minimum Gasteiger partial charge on any atom is -0.465 e. The molecule has 6 nitrogen and oxygen atoms in total. The minimum atomic E-state index is -4.10. The van der Waals surface area contributed by atoms with Crippen LogP contribution in [0.15, 0.2) is 0 Å². The second kappa shape index (κ2) is 6.95. The van der Waals surface area contributed by atoms with Crippen molar-refractivity contribution in [3.8, 4) is 0 Å². The van der Waals surface area contributed by atoms with Gasteiger partial charge in [-0.2, -0.15) is 0 Å². The van der Waals surface area contributed by atoms with E-state index in [0.29, 0.717) is 0 Å². The van der Waals surface area contributed by atoms with E-state index >= 15 is 0 Å². The van der Waals surface area contributed by atoms with Crippen LogP contribution in [0.1, 0.15) is 27.2 Å². The highest BCUT2D eigenvalue weighted by molar-refractivity contribution is 7.54. The molecule has 0 bridgehead atoms. The van der Waals surface area contributed by atoms with Crippen molar-refractivity contribution in [2.24, 2.45) is 0 Å². The highest BCUT2D eigenvalue weighted by atomic mass is 31.2. The predicted octanol–water partition coefficient (Wildman–Crippen LogP) is 1.48. The number of ether oxygens (including phenoxy) is 1. The van der Waals surface area contributed by atoms with Crippen molar-refractivity contribution in [3.63, 3.8) is 0 Å². The summed E-state index contributed by atoms with van der Waals surface area (Å²) < 4.78 is 20.5. The van der Waals surface area contributed by atoms with Gasteiger partial charge in [-0.3, -0.25) is 9.36 Å². The van der Waals surface area contributed by atoms with E-state index in [1.165, 1.54) is 0 Å². The summed E-state index contributed by atoms with van der Waals surface area (Å²) in [5.74, 6) is -0.745. The third kappa shape index (κ3) is 4.75. The molecule has 0 aromatic heterocycles. The zero-order chi connectivity index (χ0) is 11.9. The Morgan fingerprint density at radius 2 is 1.93 bits per heavy atom. The van der Waals surface area contributed by atoms with Gasteiger partial charge in [0.25, 0.3) is 0 Å². The van der Waals surface area contributed by atoms with Crippen LogP contribution in [0.3, 0.4) is 0 Å². The normalized spacial score (nSPS) is 16.8. The molecule has 7 heteroatoms. The maximum Gasteiger partial charge on any atom is 0.369 e. The highest BCUT2D eigenvalue weighted by Gasteiger charge is 2.39. The summed E-state index contributed by atoms with van der Waals surface area (Å²) in [6.45, 7) is 5.11. The molecule has 90 valence electrons. The van der Waals surface area contributed by atoms with E-state index in [2.05, 4.69) is 14.3 Å². The van der Waals surface area contributed by atoms with Crippen LogP contribution >= 0.6 is 7.60 Å². The van der Waals surface area contributed by atoms with Crippen molar-refractivity contribution in [1.29, 1.82) is 0 Å². The molecule has 0 aromatic rings. The fourth-order valence-electron chi connectivity index (χ4n) is 0.949. The molecule has 0 saturated carbocycles. The average Bonchev–Trinajstić information content (AvgIpc) is 2.16. The quantitative estimate of drug-likeness (QED) is 0.314. The summed E-state index contributed by atoms with van der Waals surface area (Å²) in [6, 6.07) is 0. The van der Waals surface area contributed by atoms with E-state index in [4.69, 9.17) is 0 Å². The molecule has 0 rings (SSSR count). The fraction of sp³-hybridized carbons (Fsp3) is 0.875. The lowest BCUT2D eigenvalue weighted by atomic mass is 10.3. The minimum absolute atomic E-state index is 0.129. The lowest BCUT2D eigenvalue weighted by Gasteiger charge is -2.18. The number of hydrogen-bond acceptors (Lipinski definition) is 5. The first-order chi connectivity index (χ1) is 6.99. The molecule has 1 N–H and O–H groups in total. The van der Waals surface area contributed by atoms with E-state index in [1.807, 2.05) is 0 Å². The number of carbonyl (C=O) groups excluding carboxylic acids is 1. The van der Waals surface area contributed by atoms with Crippen LogP contribution < -0.4 is 0 Å². The maximum absolute atomic E-state index is 11.5. The van der Waals surface area contributed by atoms with Crippen molar-refractivity contribution >= 4 is 13.6 Å². The van der Waals surface area contributed by atoms with Crippen LogP contribution in [0.5, 0.6) is 0 Å². The first-order valence-electron chi connectivity index (χ1n) is 4.79. The van der Waals surface area contributed by atoms with Gasteiger partial charge in [-0.1, -0.05) is 6.92 Å². The Hall–Kier alpha value is -0.420. The zero-order valence-electron chi connectivity index (χ0n) is 9.13. The molecular weight excluding hydrogens is 223 g/mol. The van der Waals surface area contributed by atoms with Gasteiger partial charge in [-0.25, -0.2) is 4.89 Å². The summed E-state index contributed by atoms with van der Waals surface area (Å²) in [7, 11) is -4.10. The molecule has 0 amide bonds. The maximum atomic E-state index is 11.5. The zero-order valence-corrected chi connectivity index (χ0v) is 10.0. The molecule has 0 spiro atoms. The van der Waals surface area contributed by atoms with Crippen LogP contribution in [-0.4, -0.2) is 29.7 Å². The Bertz CT molecular complexity index is 241. The lowest BCUT2D eigenvalue weighted by Crippen LogP contribution is -2.24. The predicted molar refractivity (Wildman–Crippen MR) is 53.2 cm³/mol. The van der Waals surface area contributed by atoms with Crippen molar-refractivity contribution in [3.05, 3.63) is 0 Å². The summed E-state index contributed by atoms with van der Waals surface area (Å²) in [6.07, 6.45) is 0.152. The molecule has 0 aliphatic rings. The Balaban J connectivity index is 4.49. The lowest BCUT2D eigenvalue weighted by molar-refractivity contribution is -0.210. The van der Waals surface area contributed by atoms with E-state index in [1.54, 1.807) is 20.8 Å². The molecule has 0 aliphatic heterocycles. The van der Waals surface area contributed by atoms with E-state index in [9.17, 15) is 14.3 Å². The standard InChI is InChI=1S/C8H17O6P/c1-4-7(8(9)12-5-2)15(10,11)14-13-6-3/h7H,4-6H2,1-3H3,(H,10,11). The van der Waals surface area contributed by atoms with Crippen LogP contribution in [0.4, 0.5) is 0 Å². The number of hydrogen-bond donors (Lipinski definition) is 1. The topological polar surface area (TPSA) is 82.1 Å². The third-order valence-electron chi connectivity index (χ3n) is 1.62. The molecule has 0 heterocycles. The van der Waals surface area contributed by atoms with E-state index < -0.39 is 19.2 Å². The van der Waals surface area contributed by atoms with Crippen LogP contribution in [0.2, 0.25) is 0 Å². The van der Waals surface area contributed by atoms with Crippen molar-refractivity contribution in [2.45, 2.75) is 32.9 Å². The van der Waals surface area contributed by atoms with Gasteiger partial charge in [0, 0.05) is 0 Å². The Kier molecular flexibility index (Phi) is 6.76. The molecule has 0 saturated heterocycles. The molecular formula is C8H17O6P. The first kappa shape index (κ1) is 14.6. The van der Waals surface area contributed by atoms with Gasteiger partial charge >= 0.3 is 13.6 Å². The molecule has 0 radical (unpaired) electrons. The SMILES string of the molecule is CCOOP(=O)(O)C(CC)C(=O)OCC. The van der Waals surface area contributed by atoms with Gasteiger partial charge in [0.2, 0.25) is 0 Å². The monoisotopic (exact) mass is 240 g/mol. The fourth-order valence-corrected chi connectivity index (χ4v) is 2.11. The van der Waals surface area contributed by atoms with Crippen molar-refractivity contribution in [1.82, 2.24) is 0 Å². The third-order valence-corrected chi connectivity index (χ3v) is 3.30. The molecule has 15 heavy (non-hydrogen) atoms. The second-order valence-electron chi connectivity index (χ2n) is 2.72. The smallest absolute Gasteiger partial charge is 0.369 e. The highest BCUT2D eigenvalue weighted by Crippen LogP contribution is 2.49. The Labute approximate surface area is 89.0 Å². The average molecular weight is 240 g/mol. The van der Waals surface area contributed by atoms with E-state index in [-0.39, 0.29) is 19.6 Å². The summed E-state index contributed by atoms with van der Waals surface area (Å²) in [4.78, 5) is 25.1. The molecule has 0 aromatic carbocycles. The number of rotatable bonds is 7. The van der Waals surface area contributed by atoms with Crippen molar-refractivity contribution in [2.75, 3.05) is 13.2 Å². The Morgan fingerprint density at radius 1 is 1.33 bits per heavy atom. The molecule has 0 fully saturated rings. The van der Waals surface area contributed by atoms with Gasteiger partial charge in [0.05, 0.1) is 13.2 Å². The first-order valence-corrected chi connectivity index (χ1v) is 6.44. The van der Waals surface area contributed by atoms with Crippen LogP contribution in [-0.2, 0) is 23.7 Å². The summed E-state index contributed by atoms with van der Waals surface area (Å²) >= 11 is 0. The molecule has 0 aliphatic carbocycles. The summed E-state index contributed by atoms with van der Waals surface area (Å²) in [5.41, 5.74) is -1.19. The Morgan fingerprint density at radius 3 is 2.33 bits per heavy atom. The largest absolute Gasteiger partial charge is 0.465 e. The van der Waals surface area contributed by atoms with Gasteiger partial charge < -0.3 is 9.63 Å². The number of esters is 1. The van der Waals surface area contributed by atoms with Gasteiger partial charge in [-0.15, -0.1) is 4.67 Å². The van der Waals surface area contributed by atoms with Crippen LogP contribution in [0, 0.1) is 0 Å². The van der Waals surface area contributed by atoms with Gasteiger partial charge in [0.1, 0.15) is 0 Å². The second-order valence-corrected chi connectivity index (χ2v) is 4.62. The van der Waals surface area contributed by atoms with Crippen molar-refractivity contribution < 1.29 is 28.6 Å². The van der Waals surface area contributed by atoms with Crippen LogP contribution in [0.25, 0.3) is 0 Å². The summed E-state index contributed by atoms with van der Waals surface area (Å²) in [5, 5.41) is 0. The van der Waals surface area contributed by atoms with E-state index in [0.717, 1.165) is 0 Å². The number of carbonyl (C=O) groups is 1. The van der Waals surface area contributed by atoms with Gasteiger partial charge in [0.15, 0.2) is 5.66 Å². The molecule has 2 atom stereocenters. The molecule has 2 unspecified atom stereocenters.